The molecule has 2 N–H and O–H groups in total. The summed E-state index contributed by atoms with van der Waals surface area (Å²) in [7, 11) is 0. The number of aliphatic carboxylic acids is 2. The summed E-state index contributed by atoms with van der Waals surface area (Å²) < 4.78 is 5.23. The van der Waals surface area contributed by atoms with Crippen LogP contribution in [0.5, 0.6) is 0 Å². The second-order valence-electron chi connectivity index (χ2n) is 6.93. The van der Waals surface area contributed by atoms with Crippen molar-refractivity contribution >= 4 is 18.0 Å². The highest BCUT2D eigenvalue weighted by Crippen LogP contribution is 2.46. The van der Waals surface area contributed by atoms with E-state index in [0.717, 1.165) is 0 Å². The molecule has 0 radical (unpaired) electrons. The van der Waals surface area contributed by atoms with Crippen LogP contribution >= 0.6 is 0 Å². The van der Waals surface area contributed by atoms with E-state index in [4.69, 9.17) is 4.74 Å². The van der Waals surface area contributed by atoms with Crippen molar-refractivity contribution in [2.24, 2.45) is 10.8 Å². The number of hydrogen-bond acceptors (Lipinski definition) is 4. The summed E-state index contributed by atoms with van der Waals surface area (Å²) in [6.07, 6.45) is -0.563. The predicted molar refractivity (Wildman–Crippen MR) is 73.9 cm³/mol. The molecule has 21 heavy (non-hydrogen) atoms. The summed E-state index contributed by atoms with van der Waals surface area (Å²) in [5.41, 5.74) is -3.70. The number of rotatable bonds is 2. The fourth-order valence-corrected chi connectivity index (χ4v) is 2.40. The number of hydrogen-bond donors (Lipinski definition) is 2. The first kappa shape index (κ1) is 17.3. The minimum Gasteiger partial charge on any atom is -0.481 e. The molecule has 2 atom stereocenters. The fraction of sp³-hybridized carbons (Fsp3) is 0.786. The molecule has 2 unspecified atom stereocenters. The van der Waals surface area contributed by atoms with E-state index in [9.17, 15) is 24.6 Å². The van der Waals surface area contributed by atoms with Gasteiger partial charge in [-0.05, 0) is 41.0 Å². The molecule has 0 bridgehead atoms. The summed E-state index contributed by atoms with van der Waals surface area (Å²) in [5, 5.41) is 18.9. The Labute approximate surface area is 123 Å². The van der Waals surface area contributed by atoms with Gasteiger partial charge in [-0.3, -0.25) is 9.59 Å². The van der Waals surface area contributed by atoms with Crippen molar-refractivity contribution in [3.05, 3.63) is 0 Å². The number of piperidine rings is 1. The van der Waals surface area contributed by atoms with Gasteiger partial charge >= 0.3 is 18.0 Å². The lowest BCUT2D eigenvalue weighted by Crippen LogP contribution is -2.61. The van der Waals surface area contributed by atoms with E-state index in [1.807, 2.05) is 0 Å². The molecule has 7 heteroatoms. The van der Waals surface area contributed by atoms with Crippen LogP contribution in [0.25, 0.3) is 0 Å². The Hall–Kier alpha value is -1.79. The van der Waals surface area contributed by atoms with Crippen LogP contribution in [0.4, 0.5) is 4.79 Å². The maximum atomic E-state index is 12.1. The first-order valence-corrected chi connectivity index (χ1v) is 6.78. The SMILES string of the molecule is CC(C)(C)OC(=O)N1CCC(C)(C(=O)O)C(C)(C(=O)O)C1. The number of carbonyl (C=O) groups excluding carboxylic acids is 1. The van der Waals surface area contributed by atoms with Crippen molar-refractivity contribution < 1.29 is 29.3 Å². The van der Waals surface area contributed by atoms with Gasteiger partial charge in [0.15, 0.2) is 0 Å². The number of nitrogens with zero attached hydrogens (tertiary/aromatic N) is 1. The molecule has 1 heterocycles. The largest absolute Gasteiger partial charge is 0.481 e. The van der Waals surface area contributed by atoms with Crippen LogP contribution in [0.15, 0.2) is 0 Å². The Morgan fingerprint density at radius 2 is 1.52 bits per heavy atom. The molecular weight excluding hydrogens is 278 g/mol. The van der Waals surface area contributed by atoms with Gasteiger partial charge in [-0.1, -0.05) is 0 Å². The quantitative estimate of drug-likeness (QED) is 0.806. The highest BCUT2D eigenvalue weighted by Gasteiger charge is 2.59. The lowest BCUT2D eigenvalue weighted by Gasteiger charge is -2.47. The molecule has 120 valence electrons. The first-order chi connectivity index (χ1) is 9.33. The van der Waals surface area contributed by atoms with E-state index in [0.29, 0.717) is 0 Å². The first-order valence-electron chi connectivity index (χ1n) is 6.78. The molecule has 0 aromatic carbocycles. The summed E-state index contributed by atoms with van der Waals surface area (Å²) >= 11 is 0. The third kappa shape index (κ3) is 3.11. The average molecular weight is 301 g/mol. The van der Waals surface area contributed by atoms with Crippen LogP contribution in [0.3, 0.4) is 0 Å². The van der Waals surface area contributed by atoms with Gasteiger partial charge in [0.05, 0.1) is 10.8 Å². The Kier molecular flexibility index (Phi) is 4.27. The lowest BCUT2D eigenvalue weighted by atomic mass is 9.61. The molecule has 0 aromatic heterocycles. The Balaban J connectivity index is 3.04. The average Bonchev–Trinajstić information content (AvgIpc) is 2.29. The topological polar surface area (TPSA) is 104 Å². The molecule has 0 spiro atoms. The van der Waals surface area contributed by atoms with Gasteiger partial charge in [-0.2, -0.15) is 0 Å². The van der Waals surface area contributed by atoms with Crippen molar-refractivity contribution in [2.45, 2.75) is 46.6 Å². The number of ether oxygens (including phenoxy) is 1. The minimum absolute atomic E-state index is 0.0599. The van der Waals surface area contributed by atoms with Crippen LogP contribution in [-0.4, -0.2) is 51.8 Å². The van der Waals surface area contributed by atoms with E-state index in [2.05, 4.69) is 0 Å². The predicted octanol–water partition coefficient (Wildman–Crippen LogP) is 1.81. The van der Waals surface area contributed by atoms with Crippen LogP contribution < -0.4 is 0 Å². The van der Waals surface area contributed by atoms with E-state index in [1.54, 1.807) is 20.8 Å². The molecule has 1 fully saturated rings. The molecule has 1 aliphatic heterocycles. The lowest BCUT2D eigenvalue weighted by molar-refractivity contribution is -0.178. The smallest absolute Gasteiger partial charge is 0.410 e. The number of carboxylic acids is 2. The van der Waals surface area contributed by atoms with Crippen LogP contribution in [-0.2, 0) is 14.3 Å². The van der Waals surface area contributed by atoms with E-state index in [-0.39, 0.29) is 19.5 Å². The number of carbonyl (C=O) groups is 3. The molecule has 7 nitrogen and oxygen atoms in total. The highest BCUT2D eigenvalue weighted by molar-refractivity contribution is 5.87. The molecule has 1 aliphatic rings. The van der Waals surface area contributed by atoms with E-state index >= 15 is 0 Å². The molecule has 1 saturated heterocycles. The van der Waals surface area contributed by atoms with E-state index in [1.165, 1.54) is 18.7 Å². The van der Waals surface area contributed by atoms with Crippen molar-refractivity contribution in [1.29, 1.82) is 0 Å². The molecule has 1 amide bonds. The number of likely N-dealkylation sites (tertiary alicyclic amines) is 1. The molecule has 0 aromatic rings. The van der Waals surface area contributed by atoms with Crippen LogP contribution in [0.1, 0.15) is 41.0 Å². The number of amides is 1. The standard InChI is InChI=1S/C14H23NO6/c1-12(2,3)21-11(20)15-7-6-13(4,9(16)17)14(5,8-15)10(18)19/h6-8H2,1-5H3,(H,16,17)(H,18,19). The Morgan fingerprint density at radius 1 is 1.05 bits per heavy atom. The minimum atomic E-state index is -1.58. The van der Waals surface area contributed by atoms with Crippen molar-refractivity contribution in [2.75, 3.05) is 13.1 Å². The van der Waals surface area contributed by atoms with Gasteiger partial charge in [0.25, 0.3) is 0 Å². The normalized spacial score (nSPS) is 29.9. The number of carboxylic acid groups (broad SMARTS) is 2. The summed E-state index contributed by atoms with van der Waals surface area (Å²) in [6, 6.07) is 0. The van der Waals surface area contributed by atoms with Crippen molar-refractivity contribution in [3.8, 4) is 0 Å². The zero-order valence-electron chi connectivity index (χ0n) is 13.1. The second kappa shape index (κ2) is 5.20. The van der Waals surface area contributed by atoms with Crippen LogP contribution in [0.2, 0.25) is 0 Å². The van der Waals surface area contributed by atoms with Crippen molar-refractivity contribution in [3.63, 3.8) is 0 Å². The maximum Gasteiger partial charge on any atom is 0.410 e. The molecule has 1 rings (SSSR count). The third-order valence-corrected chi connectivity index (χ3v) is 4.20. The third-order valence-electron chi connectivity index (χ3n) is 4.20. The van der Waals surface area contributed by atoms with Gasteiger partial charge in [-0.25, -0.2) is 4.79 Å². The van der Waals surface area contributed by atoms with Gasteiger partial charge < -0.3 is 19.8 Å². The Morgan fingerprint density at radius 3 is 1.90 bits per heavy atom. The summed E-state index contributed by atoms with van der Waals surface area (Å²) in [4.78, 5) is 36.4. The summed E-state index contributed by atoms with van der Waals surface area (Å²) in [6.45, 7) is 7.88. The van der Waals surface area contributed by atoms with E-state index < -0.39 is 34.5 Å². The second-order valence-corrected chi connectivity index (χ2v) is 6.93. The van der Waals surface area contributed by atoms with Gasteiger partial charge in [-0.15, -0.1) is 0 Å². The molecule has 0 saturated carbocycles. The van der Waals surface area contributed by atoms with Crippen molar-refractivity contribution in [1.82, 2.24) is 4.90 Å². The van der Waals surface area contributed by atoms with Gasteiger partial charge in [0.2, 0.25) is 0 Å². The Bertz CT molecular complexity index is 469. The van der Waals surface area contributed by atoms with Gasteiger partial charge in [0, 0.05) is 13.1 Å². The monoisotopic (exact) mass is 301 g/mol. The van der Waals surface area contributed by atoms with Gasteiger partial charge in [0.1, 0.15) is 5.60 Å². The fourth-order valence-electron chi connectivity index (χ4n) is 2.40. The zero-order valence-corrected chi connectivity index (χ0v) is 13.1. The maximum absolute atomic E-state index is 12.1. The van der Waals surface area contributed by atoms with Crippen LogP contribution in [0, 0.1) is 10.8 Å². The highest BCUT2D eigenvalue weighted by atomic mass is 16.6. The summed E-state index contributed by atoms with van der Waals surface area (Å²) in [5.74, 6) is -2.41. The molecular formula is C14H23NO6. The zero-order chi connectivity index (χ0) is 16.6. The molecule has 0 aliphatic carbocycles.